The first-order valence-electron chi connectivity index (χ1n) is 8.36. The maximum atomic E-state index is 2.34. The van der Waals surface area contributed by atoms with E-state index in [1.54, 1.807) is 0 Å². The molecule has 120 valence electrons. The van der Waals surface area contributed by atoms with Crippen LogP contribution in [0.25, 0.3) is 5.70 Å². The van der Waals surface area contributed by atoms with Crippen LogP contribution in [0.2, 0.25) is 0 Å². The number of anilines is 1. The normalized spacial score (nSPS) is 12.7. The number of hydrogen-bond donors (Lipinski definition) is 0. The molecule has 1 heteroatoms. The molecule has 1 unspecified atom stereocenters. The third kappa shape index (κ3) is 3.75. The molecule has 0 saturated heterocycles. The lowest BCUT2D eigenvalue weighted by molar-refractivity contribution is 0.962. The first-order valence-corrected chi connectivity index (χ1v) is 8.36. The molecule has 0 N–H and O–H groups in total. The number of hydrogen-bond acceptors (Lipinski definition) is 1. The Balaban J connectivity index is 2.01. The Kier molecular flexibility index (Phi) is 5.12. The van der Waals surface area contributed by atoms with Gasteiger partial charge in [0.2, 0.25) is 0 Å². The monoisotopic (exact) mass is 313 g/mol. The summed E-state index contributed by atoms with van der Waals surface area (Å²) >= 11 is 0. The van der Waals surface area contributed by atoms with Crippen LogP contribution in [0.4, 0.5) is 5.69 Å². The zero-order valence-corrected chi connectivity index (χ0v) is 14.3. The minimum absolute atomic E-state index is 0.340. The van der Waals surface area contributed by atoms with Crippen molar-refractivity contribution in [2.75, 3.05) is 11.9 Å². The molecule has 0 radical (unpaired) electrons. The fraction of sp³-hybridized carbons (Fsp3) is 0.130. The summed E-state index contributed by atoms with van der Waals surface area (Å²) in [4.78, 5) is 2.26. The van der Waals surface area contributed by atoms with Crippen molar-refractivity contribution < 1.29 is 0 Å². The van der Waals surface area contributed by atoms with Crippen molar-refractivity contribution >= 4 is 11.4 Å². The number of nitrogens with zero attached hydrogens (tertiary/aromatic N) is 1. The average molecular weight is 313 g/mol. The maximum absolute atomic E-state index is 2.34. The molecule has 0 aliphatic carbocycles. The van der Waals surface area contributed by atoms with E-state index in [2.05, 4.69) is 116 Å². The van der Waals surface area contributed by atoms with E-state index in [0.717, 1.165) is 0 Å². The van der Waals surface area contributed by atoms with Crippen molar-refractivity contribution in [3.63, 3.8) is 0 Å². The van der Waals surface area contributed by atoms with Crippen molar-refractivity contribution in [1.82, 2.24) is 0 Å². The van der Waals surface area contributed by atoms with Gasteiger partial charge in [0.05, 0.1) is 0 Å². The Morgan fingerprint density at radius 2 is 1.25 bits per heavy atom. The van der Waals surface area contributed by atoms with Gasteiger partial charge in [-0.2, -0.15) is 0 Å². The van der Waals surface area contributed by atoms with Crippen LogP contribution < -0.4 is 4.90 Å². The van der Waals surface area contributed by atoms with Gasteiger partial charge in [-0.15, -0.1) is 0 Å². The van der Waals surface area contributed by atoms with Crippen LogP contribution in [0.3, 0.4) is 0 Å². The molecule has 0 aliphatic heterocycles. The van der Waals surface area contributed by atoms with Crippen LogP contribution in [0, 0.1) is 0 Å². The lowest BCUT2D eigenvalue weighted by Crippen LogP contribution is -2.16. The first-order chi connectivity index (χ1) is 11.8. The second kappa shape index (κ2) is 7.65. The lowest BCUT2D eigenvalue weighted by Gasteiger charge is -2.25. The summed E-state index contributed by atoms with van der Waals surface area (Å²) in [6, 6.07) is 31.7. The van der Waals surface area contributed by atoms with Crippen molar-refractivity contribution in [2.45, 2.75) is 12.8 Å². The van der Waals surface area contributed by atoms with E-state index in [1.165, 1.54) is 22.5 Å². The van der Waals surface area contributed by atoms with E-state index < -0.39 is 0 Å². The molecule has 0 spiro atoms. The molecule has 0 aromatic heterocycles. The fourth-order valence-electron chi connectivity index (χ4n) is 2.89. The molecule has 0 fully saturated rings. The molecule has 1 atom stereocenters. The van der Waals surface area contributed by atoms with Gasteiger partial charge in [0, 0.05) is 24.4 Å². The van der Waals surface area contributed by atoms with E-state index in [1.807, 2.05) is 0 Å². The van der Waals surface area contributed by atoms with Crippen LogP contribution in [-0.4, -0.2) is 7.05 Å². The van der Waals surface area contributed by atoms with Gasteiger partial charge in [-0.05, 0) is 23.3 Å². The van der Waals surface area contributed by atoms with Gasteiger partial charge >= 0.3 is 0 Å². The predicted octanol–water partition coefficient (Wildman–Crippen LogP) is 5.97. The number of allylic oxidation sites excluding steroid dienone is 1. The Bertz CT molecular complexity index is 776. The predicted molar refractivity (Wildman–Crippen MR) is 104 cm³/mol. The quantitative estimate of drug-likeness (QED) is 0.561. The molecule has 3 aromatic carbocycles. The minimum Gasteiger partial charge on any atom is -0.344 e. The van der Waals surface area contributed by atoms with E-state index in [-0.39, 0.29) is 0 Å². The fourth-order valence-corrected chi connectivity index (χ4v) is 2.89. The van der Waals surface area contributed by atoms with Gasteiger partial charge in [-0.1, -0.05) is 91.9 Å². The van der Waals surface area contributed by atoms with Gasteiger partial charge in [0.1, 0.15) is 0 Å². The summed E-state index contributed by atoms with van der Waals surface area (Å²) < 4.78 is 0. The van der Waals surface area contributed by atoms with Crippen LogP contribution >= 0.6 is 0 Å². The van der Waals surface area contributed by atoms with Gasteiger partial charge in [0.15, 0.2) is 0 Å². The Morgan fingerprint density at radius 3 is 1.83 bits per heavy atom. The molecule has 0 amide bonds. The Morgan fingerprint density at radius 1 is 0.750 bits per heavy atom. The molecule has 0 aliphatic rings. The first kappa shape index (κ1) is 16.1. The molecular weight excluding hydrogens is 290 g/mol. The average Bonchev–Trinajstić information content (AvgIpc) is 2.67. The van der Waals surface area contributed by atoms with E-state index >= 15 is 0 Å². The SMILES string of the molecule is CC(/C=C(/c1ccccc1)N(C)c1ccccc1)c1ccccc1. The maximum Gasteiger partial charge on any atom is 0.0447 e. The summed E-state index contributed by atoms with van der Waals surface area (Å²) in [5.41, 5.74) is 4.96. The van der Waals surface area contributed by atoms with Gasteiger partial charge < -0.3 is 4.90 Å². The molecule has 3 rings (SSSR count). The van der Waals surface area contributed by atoms with Gasteiger partial charge in [-0.25, -0.2) is 0 Å². The van der Waals surface area contributed by atoms with E-state index in [4.69, 9.17) is 0 Å². The molecule has 24 heavy (non-hydrogen) atoms. The second-order valence-electron chi connectivity index (χ2n) is 6.01. The zero-order valence-electron chi connectivity index (χ0n) is 14.3. The summed E-state index contributed by atoms with van der Waals surface area (Å²) in [6.07, 6.45) is 2.34. The highest BCUT2D eigenvalue weighted by atomic mass is 15.1. The standard InChI is InChI=1S/C23H23N/c1-19(20-12-6-3-7-13-20)18-23(21-14-8-4-9-15-21)24(2)22-16-10-5-11-17-22/h3-19H,1-2H3/b23-18-. The van der Waals surface area contributed by atoms with E-state index in [9.17, 15) is 0 Å². The third-order valence-corrected chi connectivity index (χ3v) is 4.31. The number of benzene rings is 3. The van der Waals surface area contributed by atoms with Crippen molar-refractivity contribution in [3.05, 3.63) is 108 Å². The summed E-state index contributed by atoms with van der Waals surface area (Å²) in [6.45, 7) is 2.25. The Labute approximate surface area is 144 Å². The van der Waals surface area contributed by atoms with Crippen LogP contribution in [0.5, 0.6) is 0 Å². The van der Waals surface area contributed by atoms with Crippen LogP contribution in [0.15, 0.2) is 97.1 Å². The summed E-state index contributed by atoms with van der Waals surface area (Å²) in [5.74, 6) is 0.340. The van der Waals surface area contributed by atoms with E-state index in [0.29, 0.717) is 5.92 Å². The largest absolute Gasteiger partial charge is 0.344 e. The van der Waals surface area contributed by atoms with Crippen LogP contribution in [-0.2, 0) is 0 Å². The molecule has 3 aromatic rings. The van der Waals surface area contributed by atoms with Gasteiger partial charge in [-0.3, -0.25) is 0 Å². The van der Waals surface area contributed by atoms with Crippen LogP contribution in [0.1, 0.15) is 24.0 Å². The van der Waals surface area contributed by atoms with Crippen molar-refractivity contribution in [1.29, 1.82) is 0 Å². The third-order valence-electron chi connectivity index (χ3n) is 4.31. The highest BCUT2D eigenvalue weighted by Crippen LogP contribution is 2.28. The molecule has 0 heterocycles. The molecular formula is C23H23N. The smallest absolute Gasteiger partial charge is 0.0447 e. The minimum atomic E-state index is 0.340. The summed E-state index contributed by atoms with van der Waals surface area (Å²) in [7, 11) is 2.13. The summed E-state index contributed by atoms with van der Waals surface area (Å²) in [5, 5.41) is 0. The molecule has 0 bridgehead atoms. The van der Waals surface area contributed by atoms with Crippen molar-refractivity contribution in [2.24, 2.45) is 0 Å². The lowest BCUT2D eigenvalue weighted by atomic mass is 9.97. The second-order valence-corrected chi connectivity index (χ2v) is 6.01. The topological polar surface area (TPSA) is 3.24 Å². The Hall–Kier alpha value is -2.80. The number of rotatable bonds is 5. The van der Waals surface area contributed by atoms with Gasteiger partial charge in [0.25, 0.3) is 0 Å². The highest BCUT2D eigenvalue weighted by Gasteiger charge is 2.12. The van der Waals surface area contributed by atoms with Crippen molar-refractivity contribution in [3.8, 4) is 0 Å². The molecule has 0 saturated carbocycles. The number of para-hydroxylation sites is 1. The molecule has 1 nitrogen and oxygen atoms in total. The highest BCUT2D eigenvalue weighted by molar-refractivity contribution is 5.79. The zero-order chi connectivity index (χ0) is 16.8.